The second kappa shape index (κ2) is 6.41. The number of hydrogen-bond donors (Lipinski definition) is 1. The molecule has 18 heavy (non-hydrogen) atoms. The van der Waals surface area contributed by atoms with E-state index in [1.54, 1.807) is 7.11 Å². The number of rotatable bonds is 5. The lowest BCUT2D eigenvalue weighted by molar-refractivity contribution is 0.0459. The Morgan fingerprint density at radius 2 is 2.17 bits per heavy atom. The van der Waals surface area contributed by atoms with E-state index in [2.05, 4.69) is 11.4 Å². The van der Waals surface area contributed by atoms with E-state index in [0.29, 0.717) is 5.88 Å². The highest BCUT2D eigenvalue weighted by Gasteiger charge is 2.30. The molecule has 0 aromatic heterocycles. The first-order valence-electron chi connectivity index (χ1n) is 6.30. The summed E-state index contributed by atoms with van der Waals surface area (Å²) in [5, 5.41) is 3.58. The molecule has 0 radical (unpaired) electrons. The van der Waals surface area contributed by atoms with E-state index in [1.807, 2.05) is 18.2 Å². The van der Waals surface area contributed by atoms with Crippen molar-refractivity contribution in [1.29, 1.82) is 0 Å². The molecule has 0 aliphatic carbocycles. The molecule has 1 fully saturated rings. The van der Waals surface area contributed by atoms with E-state index in [1.165, 1.54) is 5.56 Å². The van der Waals surface area contributed by atoms with Gasteiger partial charge in [-0.15, -0.1) is 11.6 Å². The maximum absolute atomic E-state index is 6.12. The van der Waals surface area contributed by atoms with Crippen molar-refractivity contribution in [3.8, 4) is 5.75 Å². The first kappa shape index (κ1) is 13.7. The fraction of sp³-hybridized carbons (Fsp3) is 0.571. The van der Waals surface area contributed by atoms with Gasteiger partial charge in [-0.25, -0.2) is 0 Å². The summed E-state index contributed by atoms with van der Waals surface area (Å²) in [7, 11) is 1.69. The summed E-state index contributed by atoms with van der Waals surface area (Å²) in [6.45, 7) is 2.39. The average Bonchev–Trinajstić information content (AvgIpc) is 2.46. The molecule has 1 aromatic carbocycles. The Morgan fingerprint density at radius 3 is 2.83 bits per heavy atom. The van der Waals surface area contributed by atoms with Gasteiger partial charge in [0.2, 0.25) is 0 Å². The van der Waals surface area contributed by atoms with Gasteiger partial charge in [0.25, 0.3) is 0 Å². The molecule has 4 heteroatoms. The monoisotopic (exact) mass is 269 g/mol. The molecule has 3 nitrogen and oxygen atoms in total. The van der Waals surface area contributed by atoms with E-state index < -0.39 is 0 Å². The summed E-state index contributed by atoms with van der Waals surface area (Å²) in [5.74, 6) is 1.52. The predicted molar refractivity (Wildman–Crippen MR) is 73.3 cm³/mol. The van der Waals surface area contributed by atoms with Crippen molar-refractivity contribution in [3.63, 3.8) is 0 Å². The first-order chi connectivity index (χ1) is 8.78. The number of benzene rings is 1. The van der Waals surface area contributed by atoms with Crippen LogP contribution in [0.3, 0.4) is 0 Å². The van der Waals surface area contributed by atoms with E-state index in [-0.39, 0.29) is 5.54 Å². The quantitative estimate of drug-likeness (QED) is 0.834. The van der Waals surface area contributed by atoms with Gasteiger partial charge in [-0.3, -0.25) is 0 Å². The maximum atomic E-state index is 6.12. The third-order valence-electron chi connectivity index (χ3n) is 3.51. The highest BCUT2D eigenvalue weighted by Crippen LogP contribution is 2.23. The van der Waals surface area contributed by atoms with Crippen LogP contribution in [0.4, 0.5) is 0 Å². The standard InChI is InChI=1S/C14H20ClNO2/c1-17-13-4-2-3-12(9-13)10-16-14(11-15)5-7-18-8-6-14/h2-4,9,16H,5-8,10-11H2,1H3. The Bertz CT molecular complexity index is 378. The Balaban J connectivity index is 1.96. The summed E-state index contributed by atoms with van der Waals surface area (Å²) in [6.07, 6.45) is 1.95. The fourth-order valence-electron chi connectivity index (χ4n) is 2.19. The molecule has 1 aliphatic heterocycles. The number of ether oxygens (including phenoxy) is 2. The predicted octanol–water partition coefficient (Wildman–Crippen LogP) is 2.57. The minimum atomic E-state index is 0.0167. The molecule has 0 amide bonds. The van der Waals surface area contributed by atoms with Gasteiger partial charge < -0.3 is 14.8 Å². The molecule has 0 bridgehead atoms. The van der Waals surface area contributed by atoms with E-state index in [9.17, 15) is 0 Å². The topological polar surface area (TPSA) is 30.5 Å². The molecule has 100 valence electrons. The largest absolute Gasteiger partial charge is 0.497 e. The van der Waals surface area contributed by atoms with Gasteiger partial charge in [0.1, 0.15) is 5.75 Å². The van der Waals surface area contributed by atoms with E-state index >= 15 is 0 Å². The van der Waals surface area contributed by atoms with Crippen molar-refractivity contribution in [2.75, 3.05) is 26.2 Å². The van der Waals surface area contributed by atoms with Crippen LogP contribution >= 0.6 is 11.6 Å². The van der Waals surface area contributed by atoms with Gasteiger partial charge in [-0.2, -0.15) is 0 Å². The third-order valence-corrected chi connectivity index (χ3v) is 4.02. The van der Waals surface area contributed by atoms with Crippen LogP contribution < -0.4 is 10.1 Å². The van der Waals surface area contributed by atoms with Crippen molar-refractivity contribution >= 4 is 11.6 Å². The number of alkyl halides is 1. The van der Waals surface area contributed by atoms with Crippen molar-refractivity contribution in [3.05, 3.63) is 29.8 Å². The number of nitrogens with one attached hydrogen (secondary N) is 1. The van der Waals surface area contributed by atoms with E-state index in [4.69, 9.17) is 21.1 Å². The Labute approximate surface area is 113 Å². The molecular formula is C14H20ClNO2. The molecule has 0 unspecified atom stereocenters. The van der Waals surface area contributed by atoms with Gasteiger partial charge in [0, 0.05) is 31.2 Å². The third kappa shape index (κ3) is 3.37. The summed E-state index contributed by atoms with van der Waals surface area (Å²) >= 11 is 6.12. The first-order valence-corrected chi connectivity index (χ1v) is 6.83. The molecule has 0 atom stereocenters. The molecule has 1 N–H and O–H groups in total. The number of halogens is 1. The summed E-state index contributed by atoms with van der Waals surface area (Å²) in [6, 6.07) is 8.10. The second-order valence-corrected chi connectivity index (χ2v) is 5.00. The fourth-order valence-corrected chi connectivity index (χ4v) is 2.55. The lowest BCUT2D eigenvalue weighted by atomic mass is 9.92. The van der Waals surface area contributed by atoms with Gasteiger partial charge >= 0.3 is 0 Å². The summed E-state index contributed by atoms with van der Waals surface area (Å²) in [4.78, 5) is 0. The van der Waals surface area contributed by atoms with Gasteiger partial charge in [-0.05, 0) is 30.5 Å². The van der Waals surface area contributed by atoms with Crippen LogP contribution in [0.15, 0.2) is 24.3 Å². The lowest BCUT2D eigenvalue weighted by Gasteiger charge is -2.36. The smallest absolute Gasteiger partial charge is 0.119 e. The molecule has 1 aliphatic rings. The number of methoxy groups -OCH3 is 1. The van der Waals surface area contributed by atoms with Crippen molar-refractivity contribution in [2.24, 2.45) is 0 Å². The Morgan fingerprint density at radius 1 is 1.39 bits per heavy atom. The van der Waals surface area contributed by atoms with Crippen LogP contribution in [0.25, 0.3) is 0 Å². The van der Waals surface area contributed by atoms with Crippen LogP contribution in [0, 0.1) is 0 Å². The average molecular weight is 270 g/mol. The van der Waals surface area contributed by atoms with Gasteiger partial charge in [-0.1, -0.05) is 12.1 Å². The Kier molecular flexibility index (Phi) is 4.87. The molecule has 1 heterocycles. The normalized spacial score (nSPS) is 18.6. The van der Waals surface area contributed by atoms with Gasteiger partial charge in [0.05, 0.1) is 7.11 Å². The van der Waals surface area contributed by atoms with Crippen molar-refractivity contribution < 1.29 is 9.47 Å². The molecule has 0 spiro atoms. The maximum Gasteiger partial charge on any atom is 0.119 e. The SMILES string of the molecule is COc1cccc(CNC2(CCl)CCOCC2)c1. The van der Waals surface area contributed by atoms with Crippen LogP contribution in [-0.4, -0.2) is 31.7 Å². The lowest BCUT2D eigenvalue weighted by Crippen LogP contribution is -2.50. The van der Waals surface area contributed by atoms with Gasteiger partial charge in [0.15, 0.2) is 0 Å². The zero-order valence-corrected chi connectivity index (χ0v) is 11.5. The zero-order chi connectivity index (χ0) is 12.8. The van der Waals surface area contributed by atoms with Crippen molar-refractivity contribution in [1.82, 2.24) is 5.32 Å². The van der Waals surface area contributed by atoms with Crippen LogP contribution in [0.2, 0.25) is 0 Å². The van der Waals surface area contributed by atoms with Crippen LogP contribution in [0.5, 0.6) is 5.75 Å². The second-order valence-electron chi connectivity index (χ2n) is 4.73. The van der Waals surface area contributed by atoms with Crippen molar-refractivity contribution in [2.45, 2.75) is 24.9 Å². The van der Waals surface area contributed by atoms with Crippen LogP contribution in [0.1, 0.15) is 18.4 Å². The molecule has 2 rings (SSSR count). The Hall–Kier alpha value is -0.770. The molecule has 1 aromatic rings. The van der Waals surface area contributed by atoms with Crippen LogP contribution in [-0.2, 0) is 11.3 Å². The van der Waals surface area contributed by atoms with E-state index in [0.717, 1.165) is 38.3 Å². The highest BCUT2D eigenvalue weighted by molar-refractivity contribution is 6.18. The minimum absolute atomic E-state index is 0.0167. The zero-order valence-electron chi connectivity index (χ0n) is 10.7. The summed E-state index contributed by atoms with van der Waals surface area (Å²) in [5.41, 5.74) is 1.23. The molecule has 0 saturated carbocycles. The minimum Gasteiger partial charge on any atom is -0.497 e. The highest BCUT2D eigenvalue weighted by atomic mass is 35.5. The number of hydrogen-bond acceptors (Lipinski definition) is 3. The molecule has 1 saturated heterocycles. The molecular weight excluding hydrogens is 250 g/mol. The summed E-state index contributed by atoms with van der Waals surface area (Å²) < 4.78 is 10.6.